The summed E-state index contributed by atoms with van der Waals surface area (Å²) in [5, 5.41) is 0.389. The first-order valence-electron chi connectivity index (χ1n) is 6.60. The van der Waals surface area contributed by atoms with Crippen molar-refractivity contribution in [3.63, 3.8) is 0 Å². The predicted octanol–water partition coefficient (Wildman–Crippen LogP) is 0.512. The normalized spacial score (nSPS) is 16.1. The van der Waals surface area contributed by atoms with Crippen LogP contribution in [-0.4, -0.2) is 29.8 Å². The van der Waals surface area contributed by atoms with Crippen LogP contribution < -0.4 is 11.4 Å². The van der Waals surface area contributed by atoms with E-state index in [0.717, 1.165) is 4.68 Å². The summed E-state index contributed by atoms with van der Waals surface area (Å²) in [4.78, 5) is 28.2. The van der Waals surface area contributed by atoms with Crippen LogP contribution in [0.5, 0.6) is 0 Å². The van der Waals surface area contributed by atoms with Crippen LogP contribution in [0.4, 0.5) is 0 Å². The van der Waals surface area contributed by atoms with E-state index in [0.29, 0.717) is 10.9 Å². The SMILES string of the molecule is COC1=C(OC)/C(=C/c2nc3ccccc3c(=O)n2N)OC1=O. The lowest BCUT2D eigenvalue weighted by molar-refractivity contribution is -0.136. The Morgan fingerprint density at radius 3 is 2.57 bits per heavy atom. The van der Waals surface area contributed by atoms with Gasteiger partial charge in [0.1, 0.15) is 0 Å². The minimum absolute atomic E-state index is 0.0644. The van der Waals surface area contributed by atoms with Gasteiger partial charge >= 0.3 is 5.97 Å². The number of methoxy groups -OCH3 is 2. The van der Waals surface area contributed by atoms with Crippen LogP contribution in [0.25, 0.3) is 17.0 Å². The zero-order chi connectivity index (χ0) is 16.6. The van der Waals surface area contributed by atoms with E-state index in [9.17, 15) is 9.59 Å². The number of carbonyl (C=O) groups is 1. The number of nitrogens with two attached hydrogens (primary N) is 1. The van der Waals surface area contributed by atoms with E-state index in [-0.39, 0.29) is 23.1 Å². The molecule has 3 rings (SSSR count). The van der Waals surface area contributed by atoms with Gasteiger partial charge in [-0.05, 0) is 12.1 Å². The molecule has 1 aromatic heterocycles. The molecule has 0 amide bonds. The van der Waals surface area contributed by atoms with E-state index in [1.54, 1.807) is 24.3 Å². The van der Waals surface area contributed by atoms with Crippen molar-refractivity contribution in [3.8, 4) is 0 Å². The van der Waals surface area contributed by atoms with Crippen molar-refractivity contribution < 1.29 is 19.0 Å². The van der Waals surface area contributed by atoms with Crippen LogP contribution in [0.3, 0.4) is 0 Å². The molecule has 1 aromatic carbocycles. The smallest absolute Gasteiger partial charge is 0.383 e. The van der Waals surface area contributed by atoms with Crippen molar-refractivity contribution in [2.45, 2.75) is 0 Å². The fourth-order valence-electron chi connectivity index (χ4n) is 2.24. The van der Waals surface area contributed by atoms with Crippen molar-refractivity contribution in [3.05, 3.63) is 57.7 Å². The quantitative estimate of drug-likeness (QED) is 0.650. The highest BCUT2D eigenvalue weighted by molar-refractivity contribution is 5.93. The number of carbonyl (C=O) groups excluding carboxylic acids is 1. The maximum absolute atomic E-state index is 12.3. The number of cyclic esters (lactones) is 1. The van der Waals surface area contributed by atoms with Gasteiger partial charge in [-0.15, -0.1) is 0 Å². The van der Waals surface area contributed by atoms with E-state index in [2.05, 4.69) is 4.98 Å². The number of benzene rings is 1. The Kier molecular flexibility index (Phi) is 3.49. The molecule has 118 valence electrons. The molecule has 8 nitrogen and oxygen atoms in total. The molecule has 0 spiro atoms. The molecular weight excluding hydrogens is 302 g/mol. The second-order valence-electron chi connectivity index (χ2n) is 4.63. The Hall–Kier alpha value is -3.29. The maximum atomic E-state index is 12.3. The number of nitrogens with zero attached hydrogens (tertiary/aromatic N) is 2. The summed E-state index contributed by atoms with van der Waals surface area (Å²) in [5.74, 6) is 5.32. The molecule has 0 aliphatic carbocycles. The molecule has 0 bridgehead atoms. The highest BCUT2D eigenvalue weighted by atomic mass is 16.6. The zero-order valence-corrected chi connectivity index (χ0v) is 12.4. The third kappa shape index (κ3) is 2.30. The third-order valence-corrected chi connectivity index (χ3v) is 3.32. The number of para-hydroxylation sites is 1. The first-order chi connectivity index (χ1) is 11.1. The molecule has 23 heavy (non-hydrogen) atoms. The first kappa shape index (κ1) is 14.6. The lowest BCUT2D eigenvalue weighted by Gasteiger charge is -2.07. The molecule has 0 unspecified atom stereocenters. The average Bonchev–Trinajstić information content (AvgIpc) is 2.86. The summed E-state index contributed by atoms with van der Waals surface area (Å²) in [6.45, 7) is 0. The highest BCUT2D eigenvalue weighted by Crippen LogP contribution is 2.28. The molecule has 1 aliphatic rings. The molecule has 0 fully saturated rings. The van der Waals surface area contributed by atoms with Gasteiger partial charge in [-0.1, -0.05) is 12.1 Å². The van der Waals surface area contributed by atoms with Gasteiger partial charge in [0, 0.05) is 6.08 Å². The second-order valence-corrected chi connectivity index (χ2v) is 4.63. The van der Waals surface area contributed by atoms with Gasteiger partial charge in [0.25, 0.3) is 11.3 Å². The number of rotatable bonds is 3. The summed E-state index contributed by atoms with van der Waals surface area (Å²) in [6.07, 6.45) is 1.34. The standard InChI is InChI=1S/C15H13N3O5/c1-21-12-10(23-15(20)13(12)22-2)7-11-17-9-6-4-3-5-8(9)14(19)18(11)16/h3-7H,16H2,1-2H3/b10-7-. The topological polar surface area (TPSA) is 106 Å². The van der Waals surface area contributed by atoms with Crippen LogP contribution in [0.1, 0.15) is 5.82 Å². The van der Waals surface area contributed by atoms with E-state index >= 15 is 0 Å². The van der Waals surface area contributed by atoms with Gasteiger partial charge in [-0.2, -0.15) is 0 Å². The molecule has 0 atom stereocenters. The van der Waals surface area contributed by atoms with Gasteiger partial charge in [0.15, 0.2) is 11.6 Å². The average molecular weight is 315 g/mol. The van der Waals surface area contributed by atoms with Crippen LogP contribution in [0.2, 0.25) is 0 Å². The van der Waals surface area contributed by atoms with Crippen LogP contribution in [-0.2, 0) is 19.0 Å². The number of aromatic nitrogens is 2. The van der Waals surface area contributed by atoms with E-state index < -0.39 is 11.5 Å². The van der Waals surface area contributed by atoms with Crippen molar-refractivity contribution in [2.75, 3.05) is 20.1 Å². The Labute approximate surface area is 130 Å². The Balaban J connectivity index is 2.19. The van der Waals surface area contributed by atoms with Crippen molar-refractivity contribution in [1.82, 2.24) is 9.66 Å². The summed E-state index contributed by atoms with van der Waals surface area (Å²) >= 11 is 0. The molecule has 2 heterocycles. The minimum atomic E-state index is -0.692. The fourth-order valence-corrected chi connectivity index (χ4v) is 2.24. The van der Waals surface area contributed by atoms with Crippen LogP contribution in [0, 0.1) is 0 Å². The largest absolute Gasteiger partial charge is 0.490 e. The lowest BCUT2D eigenvalue weighted by Crippen LogP contribution is -2.30. The lowest BCUT2D eigenvalue weighted by atomic mass is 10.2. The Bertz CT molecular complexity index is 926. The highest BCUT2D eigenvalue weighted by Gasteiger charge is 2.33. The summed E-state index contributed by atoms with van der Waals surface area (Å²) in [6, 6.07) is 6.79. The number of esters is 1. The van der Waals surface area contributed by atoms with Crippen LogP contribution in [0.15, 0.2) is 46.3 Å². The number of nitrogen functional groups attached to an aromatic ring is 1. The summed E-state index contributed by atoms with van der Waals surface area (Å²) in [5.41, 5.74) is 0.0620. The third-order valence-electron chi connectivity index (χ3n) is 3.32. The molecule has 1 aliphatic heterocycles. The van der Waals surface area contributed by atoms with Crippen LogP contribution >= 0.6 is 0 Å². The second kappa shape index (κ2) is 5.48. The van der Waals surface area contributed by atoms with Gasteiger partial charge in [0.05, 0.1) is 25.1 Å². The predicted molar refractivity (Wildman–Crippen MR) is 81.3 cm³/mol. The van der Waals surface area contributed by atoms with E-state index in [1.807, 2.05) is 0 Å². The number of fused-ring (bicyclic) bond motifs is 1. The maximum Gasteiger partial charge on any atom is 0.383 e. The molecule has 2 aromatic rings. The van der Waals surface area contributed by atoms with Crippen molar-refractivity contribution >= 4 is 22.9 Å². The molecular formula is C15H13N3O5. The molecule has 8 heteroatoms. The molecule has 0 saturated carbocycles. The monoisotopic (exact) mass is 315 g/mol. The molecule has 2 N–H and O–H groups in total. The van der Waals surface area contributed by atoms with Gasteiger partial charge in [-0.25, -0.2) is 14.5 Å². The zero-order valence-electron chi connectivity index (χ0n) is 12.4. The summed E-state index contributed by atoms with van der Waals surface area (Å²) in [7, 11) is 2.69. The molecule has 0 radical (unpaired) electrons. The summed E-state index contributed by atoms with van der Waals surface area (Å²) < 4.78 is 16.0. The van der Waals surface area contributed by atoms with E-state index in [1.165, 1.54) is 20.3 Å². The fraction of sp³-hybridized carbons (Fsp3) is 0.133. The van der Waals surface area contributed by atoms with Gasteiger partial charge in [-0.3, -0.25) is 4.79 Å². The minimum Gasteiger partial charge on any atom is -0.490 e. The Morgan fingerprint density at radius 2 is 1.87 bits per heavy atom. The number of ether oxygens (including phenoxy) is 3. The van der Waals surface area contributed by atoms with Gasteiger partial charge < -0.3 is 20.1 Å². The Morgan fingerprint density at radius 1 is 1.17 bits per heavy atom. The van der Waals surface area contributed by atoms with E-state index in [4.69, 9.17) is 20.1 Å². The first-order valence-corrected chi connectivity index (χ1v) is 6.60. The van der Waals surface area contributed by atoms with Gasteiger partial charge in [0.2, 0.25) is 5.76 Å². The number of hydrogen-bond acceptors (Lipinski definition) is 7. The number of hydrogen-bond donors (Lipinski definition) is 1. The van der Waals surface area contributed by atoms with Crippen molar-refractivity contribution in [2.24, 2.45) is 0 Å². The van der Waals surface area contributed by atoms with Crippen molar-refractivity contribution in [1.29, 1.82) is 0 Å². The molecule has 0 saturated heterocycles.